The van der Waals surface area contributed by atoms with Crippen molar-refractivity contribution in [1.82, 2.24) is 4.90 Å². The molecule has 0 spiro atoms. The molecule has 0 aliphatic carbocycles. The molecule has 4 nitrogen and oxygen atoms in total. The van der Waals surface area contributed by atoms with E-state index in [0.717, 1.165) is 0 Å². The van der Waals surface area contributed by atoms with Gasteiger partial charge in [-0.3, -0.25) is 4.79 Å². The molecule has 2 rings (SSSR count). The van der Waals surface area contributed by atoms with Gasteiger partial charge in [-0.25, -0.2) is 4.39 Å². The molecule has 1 aliphatic heterocycles. The van der Waals surface area contributed by atoms with Crippen LogP contribution in [0.1, 0.15) is 16.8 Å². The number of methoxy groups -OCH3 is 1. The molecular formula is C13H15BrFNO3. The minimum absolute atomic E-state index is 0.0820. The smallest absolute Gasteiger partial charge is 0.254 e. The zero-order chi connectivity index (χ0) is 14.0. The fourth-order valence-electron chi connectivity index (χ4n) is 2.26. The lowest BCUT2D eigenvalue weighted by Gasteiger charge is -2.22. The quantitative estimate of drug-likeness (QED) is 0.919. The van der Waals surface area contributed by atoms with Crippen LogP contribution in [0.25, 0.3) is 0 Å². The summed E-state index contributed by atoms with van der Waals surface area (Å²) in [6.07, 6.45) is 0.513. The van der Waals surface area contributed by atoms with E-state index < -0.39 is 5.82 Å². The summed E-state index contributed by atoms with van der Waals surface area (Å²) >= 11 is 3.05. The number of hydrogen-bond acceptors (Lipinski definition) is 3. The van der Waals surface area contributed by atoms with Crippen molar-refractivity contribution in [3.63, 3.8) is 0 Å². The number of carbonyl (C=O) groups is 1. The Hall–Kier alpha value is -0.980. The third-order valence-electron chi connectivity index (χ3n) is 3.35. The second kappa shape index (κ2) is 5.98. The second-order valence-corrected chi connectivity index (χ2v) is 5.37. The molecule has 1 aromatic carbocycles. The third-order valence-corrected chi connectivity index (χ3v) is 3.99. The largest absolute Gasteiger partial charge is 0.394 e. The number of amides is 1. The number of halogens is 2. The summed E-state index contributed by atoms with van der Waals surface area (Å²) in [7, 11) is 1.58. The summed E-state index contributed by atoms with van der Waals surface area (Å²) < 4.78 is 19.0. The first-order chi connectivity index (χ1) is 9.06. The van der Waals surface area contributed by atoms with E-state index in [1.54, 1.807) is 13.2 Å². The van der Waals surface area contributed by atoms with Crippen LogP contribution in [0.3, 0.4) is 0 Å². The molecule has 1 N–H and O–H groups in total. The first-order valence-corrected chi connectivity index (χ1v) is 6.75. The fraction of sp³-hybridized carbons (Fsp3) is 0.462. The molecule has 0 unspecified atom stereocenters. The van der Waals surface area contributed by atoms with Crippen LogP contribution in [-0.2, 0) is 4.74 Å². The van der Waals surface area contributed by atoms with Crippen LogP contribution in [-0.4, -0.2) is 48.3 Å². The standard InChI is InChI=1S/C13H15BrFNO3/c1-19-10-5-9(7-17)16(6-10)13(18)8-2-3-11(14)12(15)4-8/h2-4,9-10,17H,5-7H2,1H3/t9-,10+/m0/s1. The van der Waals surface area contributed by atoms with E-state index in [0.29, 0.717) is 17.4 Å². The third kappa shape index (κ3) is 2.96. The average molecular weight is 332 g/mol. The second-order valence-electron chi connectivity index (χ2n) is 4.52. The van der Waals surface area contributed by atoms with Gasteiger partial charge in [0.2, 0.25) is 0 Å². The van der Waals surface area contributed by atoms with Crippen molar-refractivity contribution in [3.8, 4) is 0 Å². The Morgan fingerprint density at radius 3 is 2.95 bits per heavy atom. The number of likely N-dealkylation sites (tertiary alicyclic amines) is 1. The molecule has 0 radical (unpaired) electrons. The van der Waals surface area contributed by atoms with E-state index in [2.05, 4.69) is 15.9 Å². The molecule has 1 fully saturated rings. The first kappa shape index (κ1) is 14.4. The van der Waals surface area contributed by atoms with Crippen LogP contribution in [0.15, 0.2) is 22.7 Å². The summed E-state index contributed by atoms with van der Waals surface area (Å²) in [6.45, 7) is 0.294. The number of hydrogen-bond donors (Lipinski definition) is 1. The molecule has 6 heteroatoms. The van der Waals surface area contributed by atoms with Gasteiger partial charge in [-0.05, 0) is 40.5 Å². The summed E-state index contributed by atoms with van der Waals surface area (Å²) in [5.41, 5.74) is 0.274. The van der Waals surface area contributed by atoms with Crippen molar-refractivity contribution in [1.29, 1.82) is 0 Å². The molecule has 1 aliphatic rings. The van der Waals surface area contributed by atoms with Gasteiger partial charge in [-0.15, -0.1) is 0 Å². The van der Waals surface area contributed by atoms with Gasteiger partial charge in [0, 0.05) is 19.2 Å². The van der Waals surface area contributed by atoms with Gasteiger partial charge in [-0.2, -0.15) is 0 Å². The maximum atomic E-state index is 13.5. The topological polar surface area (TPSA) is 49.8 Å². The molecule has 1 aromatic rings. The number of aliphatic hydroxyl groups excluding tert-OH is 1. The maximum absolute atomic E-state index is 13.5. The summed E-state index contributed by atoms with van der Waals surface area (Å²) in [5, 5.41) is 9.31. The lowest BCUT2D eigenvalue weighted by Crippen LogP contribution is -2.38. The number of nitrogens with zero attached hydrogens (tertiary/aromatic N) is 1. The highest BCUT2D eigenvalue weighted by Crippen LogP contribution is 2.23. The van der Waals surface area contributed by atoms with Gasteiger partial charge in [-0.1, -0.05) is 0 Å². The van der Waals surface area contributed by atoms with Crippen molar-refractivity contribution in [2.24, 2.45) is 0 Å². The molecule has 0 saturated carbocycles. The molecule has 1 amide bonds. The molecular weight excluding hydrogens is 317 g/mol. The van der Waals surface area contributed by atoms with Crippen molar-refractivity contribution in [2.45, 2.75) is 18.6 Å². The molecule has 0 bridgehead atoms. The fourth-order valence-corrected chi connectivity index (χ4v) is 2.51. The van der Waals surface area contributed by atoms with Crippen LogP contribution in [0.5, 0.6) is 0 Å². The summed E-state index contributed by atoms with van der Waals surface area (Å²) in [6, 6.07) is 3.98. The van der Waals surface area contributed by atoms with Crippen molar-refractivity contribution in [2.75, 3.05) is 20.3 Å². The van der Waals surface area contributed by atoms with Gasteiger partial charge in [0.15, 0.2) is 0 Å². The van der Waals surface area contributed by atoms with E-state index >= 15 is 0 Å². The highest BCUT2D eigenvalue weighted by atomic mass is 79.9. The Morgan fingerprint density at radius 2 is 2.37 bits per heavy atom. The lowest BCUT2D eigenvalue weighted by molar-refractivity contribution is 0.0647. The number of aliphatic hydroxyl groups is 1. The molecule has 1 heterocycles. The van der Waals surface area contributed by atoms with Gasteiger partial charge >= 0.3 is 0 Å². The monoisotopic (exact) mass is 331 g/mol. The van der Waals surface area contributed by atoms with Crippen LogP contribution < -0.4 is 0 Å². The van der Waals surface area contributed by atoms with Gasteiger partial charge in [0.25, 0.3) is 5.91 Å². The Morgan fingerprint density at radius 1 is 1.63 bits per heavy atom. The normalized spacial score (nSPS) is 22.8. The van der Waals surface area contributed by atoms with Crippen molar-refractivity contribution < 1.29 is 19.0 Å². The number of carbonyl (C=O) groups excluding carboxylic acids is 1. The van der Waals surface area contributed by atoms with Gasteiger partial charge in [0.05, 0.1) is 23.2 Å². The van der Waals surface area contributed by atoms with Gasteiger partial charge in [0.1, 0.15) is 5.82 Å². The lowest BCUT2D eigenvalue weighted by atomic mass is 10.1. The molecule has 104 valence electrons. The Labute approximate surface area is 119 Å². The molecule has 1 saturated heterocycles. The molecule has 2 atom stereocenters. The summed E-state index contributed by atoms with van der Waals surface area (Å²) in [4.78, 5) is 13.9. The van der Waals surface area contributed by atoms with E-state index in [4.69, 9.17) is 4.74 Å². The molecule has 0 aromatic heterocycles. The minimum Gasteiger partial charge on any atom is -0.394 e. The predicted molar refractivity (Wildman–Crippen MR) is 71.4 cm³/mol. The zero-order valence-corrected chi connectivity index (χ0v) is 12.1. The van der Waals surface area contributed by atoms with E-state index in [1.165, 1.54) is 17.0 Å². The summed E-state index contributed by atoms with van der Waals surface area (Å²) in [5.74, 6) is -0.765. The SMILES string of the molecule is CO[C@@H]1C[C@@H](CO)N(C(=O)c2ccc(Br)c(F)c2)C1. The first-order valence-electron chi connectivity index (χ1n) is 5.96. The van der Waals surface area contributed by atoms with Gasteiger partial charge < -0.3 is 14.7 Å². The Balaban J connectivity index is 2.20. The van der Waals surface area contributed by atoms with E-state index in [-0.39, 0.29) is 30.2 Å². The highest BCUT2D eigenvalue weighted by Gasteiger charge is 2.35. The number of ether oxygens (including phenoxy) is 1. The van der Waals surface area contributed by atoms with Crippen molar-refractivity contribution >= 4 is 21.8 Å². The zero-order valence-electron chi connectivity index (χ0n) is 10.5. The Kier molecular flexibility index (Phi) is 4.54. The minimum atomic E-state index is -0.478. The van der Waals surface area contributed by atoms with Crippen LogP contribution in [0.4, 0.5) is 4.39 Å². The Bertz CT molecular complexity index is 483. The number of rotatable bonds is 3. The predicted octanol–water partition coefficient (Wildman–Crippen LogP) is 1.81. The molecule has 19 heavy (non-hydrogen) atoms. The van der Waals surface area contributed by atoms with Crippen LogP contribution >= 0.6 is 15.9 Å². The number of benzene rings is 1. The average Bonchev–Trinajstić information content (AvgIpc) is 2.84. The van der Waals surface area contributed by atoms with Crippen LogP contribution in [0.2, 0.25) is 0 Å². The van der Waals surface area contributed by atoms with Crippen LogP contribution in [0, 0.1) is 5.82 Å². The van der Waals surface area contributed by atoms with E-state index in [9.17, 15) is 14.3 Å². The maximum Gasteiger partial charge on any atom is 0.254 e. The van der Waals surface area contributed by atoms with Crippen molar-refractivity contribution in [3.05, 3.63) is 34.1 Å². The highest BCUT2D eigenvalue weighted by molar-refractivity contribution is 9.10. The van der Waals surface area contributed by atoms with E-state index in [1.807, 2.05) is 0 Å².